The van der Waals surface area contributed by atoms with Crippen molar-refractivity contribution < 1.29 is 32.6 Å². The molecule has 0 fully saturated rings. The van der Waals surface area contributed by atoms with Gasteiger partial charge in [0.05, 0.1) is 6.42 Å². The fraction of sp³-hybridized carbons (Fsp3) is 0.333. The van der Waals surface area contributed by atoms with Crippen LogP contribution in [0.2, 0.25) is 0 Å². The summed E-state index contributed by atoms with van der Waals surface area (Å²) in [5.74, 6) is -1.67. The van der Waals surface area contributed by atoms with Crippen LogP contribution in [0.25, 0.3) is 0 Å². The van der Waals surface area contributed by atoms with Gasteiger partial charge in [-0.3, -0.25) is 4.79 Å². The van der Waals surface area contributed by atoms with Gasteiger partial charge in [-0.05, 0) is 5.56 Å². The van der Waals surface area contributed by atoms with Crippen molar-refractivity contribution in [2.24, 2.45) is 0 Å². The Bertz CT molecular complexity index is 462. The third-order valence-electron chi connectivity index (χ3n) is 2.28. The Morgan fingerprint density at radius 3 is 2.35 bits per heavy atom. The summed E-state index contributed by atoms with van der Waals surface area (Å²) in [6.45, 7) is -0.204. The van der Waals surface area contributed by atoms with E-state index in [1.54, 1.807) is 30.3 Å². The first-order chi connectivity index (χ1) is 9.29. The number of hydrogen-bond acceptors (Lipinski definition) is 3. The Morgan fingerprint density at radius 2 is 1.85 bits per heavy atom. The SMILES string of the molecule is O=C(O)C[C@@H](NC(=O)OCc1ccccc1)C(F)(F)F. The average molecular weight is 291 g/mol. The first-order valence-electron chi connectivity index (χ1n) is 5.54. The van der Waals surface area contributed by atoms with Crippen LogP contribution in [-0.4, -0.2) is 29.4 Å². The van der Waals surface area contributed by atoms with Crippen molar-refractivity contribution in [1.82, 2.24) is 5.32 Å². The van der Waals surface area contributed by atoms with Crippen molar-refractivity contribution in [1.29, 1.82) is 0 Å². The third kappa shape index (κ3) is 5.59. The highest BCUT2D eigenvalue weighted by Crippen LogP contribution is 2.22. The van der Waals surface area contributed by atoms with Crippen molar-refractivity contribution in [3.8, 4) is 0 Å². The highest BCUT2D eigenvalue weighted by Gasteiger charge is 2.42. The Hall–Kier alpha value is -2.25. The van der Waals surface area contributed by atoms with Gasteiger partial charge in [-0.1, -0.05) is 30.3 Å². The third-order valence-corrected chi connectivity index (χ3v) is 2.28. The van der Waals surface area contributed by atoms with E-state index in [0.29, 0.717) is 5.56 Å². The Morgan fingerprint density at radius 1 is 1.25 bits per heavy atom. The van der Waals surface area contributed by atoms with Gasteiger partial charge < -0.3 is 15.2 Å². The number of halogens is 3. The Balaban J connectivity index is 2.52. The van der Waals surface area contributed by atoms with Gasteiger partial charge in [0.15, 0.2) is 0 Å². The van der Waals surface area contributed by atoms with Gasteiger partial charge in [0.1, 0.15) is 12.6 Å². The zero-order valence-corrected chi connectivity index (χ0v) is 10.2. The van der Waals surface area contributed by atoms with Crippen LogP contribution < -0.4 is 5.32 Å². The number of ether oxygens (including phenoxy) is 1. The van der Waals surface area contributed by atoms with E-state index in [1.807, 2.05) is 0 Å². The van der Waals surface area contributed by atoms with Crippen LogP contribution in [0.5, 0.6) is 0 Å². The van der Waals surface area contributed by atoms with E-state index in [1.165, 1.54) is 5.32 Å². The molecular weight excluding hydrogens is 279 g/mol. The van der Waals surface area contributed by atoms with Crippen molar-refractivity contribution in [2.75, 3.05) is 0 Å². The lowest BCUT2D eigenvalue weighted by atomic mass is 10.2. The molecule has 0 aliphatic carbocycles. The minimum Gasteiger partial charge on any atom is -0.481 e. The molecule has 1 amide bonds. The number of nitrogens with one attached hydrogen (secondary N) is 1. The van der Waals surface area contributed by atoms with Gasteiger partial charge in [-0.25, -0.2) is 4.79 Å². The molecule has 0 radical (unpaired) electrons. The number of aliphatic carboxylic acids is 1. The minimum atomic E-state index is -4.86. The number of carbonyl (C=O) groups is 2. The monoisotopic (exact) mass is 291 g/mol. The molecule has 0 aliphatic rings. The zero-order valence-electron chi connectivity index (χ0n) is 10.2. The molecule has 1 rings (SSSR count). The predicted octanol–water partition coefficient (Wildman–Crippen LogP) is 2.32. The smallest absolute Gasteiger partial charge is 0.409 e. The summed E-state index contributed by atoms with van der Waals surface area (Å²) in [6, 6.07) is 5.87. The van der Waals surface area contributed by atoms with Gasteiger partial charge in [-0.15, -0.1) is 0 Å². The first-order valence-corrected chi connectivity index (χ1v) is 5.54. The first kappa shape index (κ1) is 15.8. The topological polar surface area (TPSA) is 75.6 Å². The number of rotatable bonds is 5. The molecule has 0 aromatic heterocycles. The van der Waals surface area contributed by atoms with E-state index in [9.17, 15) is 22.8 Å². The molecule has 0 spiro atoms. The van der Waals surface area contributed by atoms with E-state index >= 15 is 0 Å². The summed E-state index contributed by atoms with van der Waals surface area (Å²) >= 11 is 0. The molecular formula is C12H12F3NO4. The fourth-order valence-corrected chi connectivity index (χ4v) is 1.33. The normalized spacial score (nSPS) is 12.6. The molecule has 1 atom stereocenters. The quantitative estimate of drug-likeness (QED) is 0.873. The van der Waals surface area contributed by atoms with E-state index in [0.717, 1.165) is 0 Å². The summed E-state index contributed by atoms with van der Waals surface area (Å²) in [5, 5.41) is 9.87. The Labute approximate surface area is 112 Å². The number of carboxylic acid groups (broad SMARTS) is 1. The zero-order chi connectivity index (χ0) is 15.2. The van der Waals surface area contributed by atoms with E-state index < -0.39 is 30.7 Å². The van der Waals surface area contributed by atoms with Crippen LogP contribution >= 0.6 is 0 Å². The van der Waals surface area contributed by atoms with Gasteiger partial charge >= 0.3 is 18.2 Å². The summed E-state index contributed by atoms with van der Waals surface area (Å²) in [6.07, 6.45) is -7.44. The molecule has 110 valence electrons. The molecule has 1 aromatic carbocycles. The lowest BCUT2D eigenvalue weighted by Crippen LogP contribution is -2.46. The van der Waals surface area contributed by atoms with Crippen LogP contribution in [-0.2, 0) is 16.1 Å². The maximum absolute atomic E-state index is 12.5. The molecule has 8 heteroatoms. The van der Waals surface area contributed by atoms with Gasteiger partial charge in [0.25, 0.3) is 0 Å². The van der Waals surface area contributed by atoms with Crippen molar-refractivity contribution in [2.45, 2.75) is 25.2 Å². The fourth-order valence-electron chi connectivity index (χ4n) is 1.33. The highest BCUT2D eigenvalue weighted by molar-refractivity contribution is 5.71. The summed E-state index contributed by atoms with van der Waals surface area (Å²) in [4.78, 5) is 21.6. The van der Waals surface area contributed by atoms with Gasteiger partial charge in [0.2, 0.25) is 0 Å². The van der Waals surface area contributed by atoms with Crippen molar-refractivity contribution in [3.05, 3.63) is 35.9 Å². The Kier molecular flexibility index (Phi) is 5.36. The summed E-state index contributed by atoms with van der Waals surface area (Å²) in [7, 11) is 0. The second-order valence-electron chi connectivity index (χ2n) is 3.90. The van der Waals surface area contributed by atoms with Gasteiger partial charge in [0, 0.05) is 0 Å². The molecule has 0 bridgehead atoms. The number of hydrogen-bond donors (Lipinski definition) is 2. The van der Waals surface area contributed by atoms with E-state index in [-0.39, 0.29) is 6.61 Å². The number of alkyl carbamates (subject to hydrolysis) is 1. The molecule has 0 heterocycles. The van der Waals surface area contributed by atoms with Crippen LogP contribution in [0.3, 0.4) is 0 Å². The standard InChI is InChI=1S/C12H12F3NO4/c13-12(14,15)9(6-10(17)18)16-11(19)20-7-8-4-2-1-3-5-8/h1-5,9H,6-7H2,(H,16,19)(H,17,18)/t9-/m1/s1. The maximum Gasteiger partial charge on any atom is 0.409 e. The molecule has 1 aromatic rings. The summed E-state index contributed by atoms with van der Waals surface area (Å²) in [5.41, 5.74) is 0.601. The van der Waals surface area contributed by atoms with Crippen LogP contribution in [0.4, 0.5) is 18.0 Å². The average Bonchev–Trinajstić information content (AvgIpc) is 2.35. The molecule has 2 N–H and O–H groups in total. The second kappa shape index (κ2) is 6.78. The number of alkyl halides is 3. The highest BCUT2D eigenvalue weighted by atomic mass is 19.4. The van der Waals surface area contributed by atoms with Crippen molar-refractivity contribution >= 4 is 12.1 Å². The molecule has 0 saturated heterocycles. The lowest BCUT2D eigenvalue weighted by molar-refractivity contribution is -0.165. The maximum atomic E-state index is 12.5. The molecule has 0 aliphatic heterocycles. The van der Waals surface area contributed by atoms with E-state index in [2.05, 4.69) is 4.74 Å². The largest absolute Gasteiger partial charge is 0.481 e. The van der Waals surface area contributed by atoms with Crippen molar-refractivity contribution in [3.63, 3.8) is 0 Å². The van der Waals surface area contributed by atoms with Crippen LogP contribution in [0, 0.1) is 0 Å². The minimum absolute atomic E-state index is 0.204. The second-order valence-corrected chi connectivity index (χ2v) is 3.90. The van der Waals surface area contributed by atoms with E-state index in [4.69, 9.17) is 5.11 Å². The molecule has 0 unspecified atom stereocenters. The number of carboxylic acids is 1. The van der Waals surface area contributed by atoms with Crippen LogP contribution in [0.15, 0.2) is 30.3 Å². The summed E-state index contributed by atoms with van der Waals surface area (Å²) < 4.78 is 42.0. The van der Waals surface area contributed by atoms with Crippen LogP contribution in [0.1, 0.15) is 12.0 Å². The number of carbonyl (C=O) groups excluding carboxylic acids is 1. The molecule has 5 nitrogen and oxygen atoms in total. The molecule has 20 heavy (non-hydrogen) atoms. The number of benzene rings is 1. The van der Waals surface area contributed by atoms with Gasteiger partial charge in [-0.2, -0.15) is 13.2 Å². The lowest BCUT2D eigenvalue weighted by Gasteiger charge is -2.19. The number of amides is 1. The predicted molar refractivity (Wildman–Crippen MR) is 61.9 cm³/mol. The molecule has 0 saturated carbocycles.